The Bertz CT molecular complexity index is 654. The number of benzene rings is 1. The molecule has 2 heterocycles. The number of amides is 2. The van der Waals surface area contributed by atoms with Crippen LogP contribution in [0.3, 0.4) is 0 Å². The van der Waals surface area contributed by atoms with Crippen LogP contribution in [0.5, 0.6) is 0 Å². The largest absolute Gasteiger partial charge is 0.357 e. The second-order valence-electron chi connectivity index (χ2n) is 5.96. The van der Waals surface area contributed by atoms with Crippen LogP contribution in [-0.2, 0) is 0 Å². The molecule has 1 aliphatic heterocycles. The lowest BCUT2D eigenvalue weighted by atomic mass is 9.97. The molecule has 2 amide bonds. The first-order chi connectivity index (χ1) is 11.7. The second kappa shape index (κ2) is 8.02. The van der Waals surface area contributed by atoms with Gasteiger partial charge in [-0.1, -0.05) is 17.7 Å². The van der Waals surface area contributed by atoms with Crippen molar-refractivity contribution in [2.24, 2.45) is 5.92 Å². The molecule has 1 aliphatic rings. The maximum Gasteiger partial charge on any atom is 0.319 e. The molecule has 6 heteroatoms. The van der Waals surface area contributed by atoms with Gasteiger partial charge >= 0.3 is 6.03 Å². The number of pyridine rings is 1. The van der Waals surface area contributed by atoms with E-state index >= 15 is 0 Å². The molecule has 24 heavy (non-hydrogen) atoms. The molecule has 1 saturated heterocycles. The molecule has 126 valence electrons. The van der Waals surface area contributed by atoms with Gasteiger partial charge in [-0.05, 0) is 55.2 Å². The molecule has 0 radical (unpaired) electrons. The van der Waals surface area contributed by atoms with Gasteiger partial charge in [-0.3, -0.25) is 0 Å². The highest BCUT2D eigenvalue weighted by Gasteiger charge is 2.20. The third kappa shape index (κ3) is 4.61. The van der Waals surface area contributed by atoms with E-state index < -0.39 is 0 Å². The van der Waals surface area contributed by atoms with E-state index in [1.54, 1.807) is 24.3 Å². The summed E-state index contributed by atoms with van der Waals surface area (Å²) in [5.41, 5.74) is 0.738. The number of aromatic nitrogens is 1. The number of hydrogen-bond acceptors (Lipinski definition) is 3. The maximum atomic E-state index is 12.0. The summed E-state index contributed by atoms with van der Waals surface area (Å²) >= 11 is 5.83. The fourth-order valence-corrected chi connectivity index (χ4v) is 2.98. The van der Waals surface area contributed by atoms with E-state index in [9.17, 15) is 4.79 Å². The van der Waals surface area contributed by atoms with Gasteiger partial charge in [0.25, 0.3) is 0 Å². The molecule has 1 fully saturated rings. The van der Waals surface area contributed by atoms with Crippen LogP contribution in [0.25, 0.3) is 0 Å². The van der Waals surface area contributed by atoms with Crippen LogP contribution in [0.15, 0.2) is 48.7 Å². The van der Waals surface area contributed by atoms with Crippen molar-refractivity contribution in [1.82, 2.24) is 10.3 Å². The van der Waals surface area contributed by atoms with Gasteiger partial charge in [-0.25, -0.2) is 9.78 Å². The highest BCUT2D eigenvalue weighted by atomic mass is 35.5. The van der Waals surface area contributed by atoms with Crippen molar-refractivity contribution in [1.29, 1.82) is 0 Å². The van der Waals surface area contributed by atoms with Gasteiger partial charge in [0, 0.05) is 36.5 Å². The molecule has 3 rings (SSSR count). The lowest BCUT2D eigenvalue weighted by Crippen LogP contribution is -2.40. The highest BCUT2D eigenvalue weighted by molar-refractivity contribution is 6.30. The number of piperidine rings is 1. The summed E-state index contributed by atoms with van der Waals surface area (Å²) in [6.07, 6.45) is 3.93. The Kier molecular flexibility index (Phi) is 5.54. The van der Waals surface area contributed by atoms with Crippen LogP contribution in [0, 0.1) is 5.92 Å². The summed E-state index contributed by atoms with van der Waals surface area (Å²) < 4.78 is 0. The number of halogens is 1. The van der Waals surface area contributed by atoms with Gasteiger partial charge in [-0.2, -0.15) is 0 Å². The van der Waals surface area contributed by atoms with Crippen molar-refractivity contribution in [2.45, 2.75) is 12.8 Å². The van der Waals surface area contributed by atoms with Crippen LogP contribution >= 0.6 is 11.6 Å². The molecular formula is C18H21ClN4O. The van der Waals surface area contributed by atoms with Gasteiger partial charge in [0.15, 0.2) is 0 Å². The standard InChI is InChI=1S/C18H21ClN4O/c19-15-4-6-16(7-5-15)22-18(24)21-13-14-8-11-23(12-9-14)17-3-1-2-10-20-17/h1-7,10,14H,8-9,11-13H2,(H2,21,22,24). The molecule has 0 atom stereocenters. The van der Waals surface area contributed by atoms with Gasteiger partial charge in [0.2, 0.25) is 0 Å². The van der Waals surface area contributed by atoms with Crippen LogP contribution < -0.4 is 15.5 Å². The molecule has 2 aromatic rings. The van der Waals surface area contributed by atoms with E-state index in [2.05, 4.69) is 20.5 Å². The fraction of sp³-hybridized carbons (Fsp3) is 0.333. The molecular weight excluding hydrogens is 324 g/mol. The number of anilines is 2. The summed E-state index contributed by atoms with van der Waals surface area (Å²) in [5, 5.41) is 6.42. The Hall–Kier alpha value is -2.27. The summed E-state index contributed by atoms with van der Waals surface area (Å²) in [7, 11) is 0. The van der Waals surface area contributed by atoms with Crippen LogP contribution in [0.1, 0.15) is 12.8 Å². The molecule has 0 bridgehead atoms. The Labute approximate surface area is 147 Å². The van der Waals surface area contributed by atoms with Gasteiger partial charge in [-0.15, -0.1) is 0 Å². The number of hydrogen-bond donors (Lipinski definition) is 2. The quantitative estimate of drug-likeness (QED) is 0.887. The van der Waals surface area contributed by atoms with Crippen LogP contribution in [-0.4, -0.2) is 30.6 Å². The van der Waals surface area contributed by atoms with Gasteiger partial charge in [0.05, 0.1) is 0 Å². The number of carbonyl (C=O) groups is 1. The minimum absolute atomic E-state index is 0.176. The molecule has 0 unspecified atom stereocenters. The van der Waals surface area contributed by atoms with Gasteiger partial charge < -0.3 is 15.5 Å². The Balaban J connectivity index is 1.40. The first kappa shape index (κ1) is 16.6. The van der Waals surface area contributed by atoms with Crippen LogP contribution in [0.2, 0.25) is 5.02 Å². The van der Waals surface area contributed by atoms with E-state index in [4.69, 9.17) is 11.6 Å². The van der Waals surface area contributed by atoms with Crippen molar-refractivity contribution >= 4 is 29.1 Å². The lowest BCUT2D eigenvalue weighted by molar-refractivity contribution is 0.248. The van der Waals surface area contributed by atoms with Crippen LogP contribution in [0.4, 0.5) is 16.3 Å². The number of urea groups is 1. The zero-order chi connectivity index (χ0) is 16.8. The average molecular weight is 345 g/mol. The second-order valence-corrected chi connectivity index (χ2v) is 6.40. The monoisotopic (exact) mass is 344 g/mol. The third-order valence-electron chi connectivity index (χ3n) is 4.24. The zero-order valence-corrected chi connectivity index (χ0v) is 14.2. The van der Waals surface area contributed by atoms with E-state index in [1.165, 1.54) is 0 Å². The fourth-order valence-electron chi connectivity index (χ4n) is 2.85. The molecule has 5 nitrogen and oxygen atoms in total. The smallest absolute Gasteiger partial charge is 0.319 e. The molecule has 0 saturated carbocycles. The summed E-state index contributed by atoms with van der Waals surface area (Å²) in [5.74, 6) is 1.53. The Morgan fingerprint density at radius 2 is 1.92 bits per heavy atom. The van der Waals surface area contributed by atoms with E-state index in [0.29, 0.717) is 17.5 Å². The van der Waals surface area contributed by atoms with Crippen molar-refractivity contribution in [3.8, 4) is 0 Å². The van der Waals surface area contributed by atoms with Crippen molar-refractivity contribution in [3.63, 3.8) is 0 Å². The number of nitrogens with one attached hydrogen (secondary N) is 2. The van der Waals surface area contributed by atoms with E-state index in [1.807, 2.05) is 24.4 Å². The first-order valence-electron chi connectivity index (χ1n) is 8.17. The van der Waals surface area contributed by atoms with E-state index in [-0.39, 0.29) is 6.03 Å². The maximum absolute atomic E-state index is 12.0. The predicted molar refractivity (Wildman–Crippen MR) is 97.6 cm³/mol. The van der Waals surface area contributed by atoms with Crippen molar-refractivity contribution < 1.29 is 4.79 Å². The number of carbonyl (C=O) groups excluding carboxylic acids is 1. The number of nitrogens with zero attached hydrogens (tertiary/aromatic N) is 2. The predicted octanol–water partition coefficient (Wildman–Crippen LogP) is 3.77. The molecule has 1 aromatic heterocycles. The normalized spacial score (nSPS) is 15.1. The average Bonchev–Trinajstić information content (AvgIpc) is 2.63. The SMILES string of the molecule is O=C(NCC1CCN(c2ccccn2)CC1)Nc1ccc(Cl)cc1. The summed E-state index contributed by atoms with van der Waals surface area (Å²) in [6, 6.07) is 12.9. The molecule has 2 N–H and O–H groups in total. The Morgan fingerprint density at radius 1 is 1.17 bits per heavy atom. The molecule has 0 spiro atoms. The zero-order valence-electron chi connectivity index (χ0n) is 13.4. The van der Waals surface area contributed by atoms with Crippen molar-refractivity contribution in [2.75, 3.05) is 29.9 Å². The molecule has 0 aliphatic carbocycles. The minimum atomic E-state index is -0.176. The highest BCUT2D eigenvalue weighted by Crippen LogP contribution is 2.21. The van der Waals surface area contributed by atoms with Gasteiger partial charge in [0.1, 0.15) is 5.82 Å². The van der Waals surface area contributed by atoms with E-state index in [0.717, 1.165) is 37.4 Å². The summed E-state index contributed by atoms with van der Waals surface area (Å²) in [4.78, 5) is 18.6. The lowest BCUT2D eigenvalue weighted by Gasteiger charge is -2.32. The number of rotatable bonds is 4. The summed E-state index contributed by atoms with van der Waals surface area (Å²) in [6.45, 7) is 2.64. The molecule has 1 aromatic carbocycles. The topological polar surface area (TPSA) is 57.3 Å². The minimum Gasteiger partial charge on any atom is -0.357 e. The third-order valence-corrected chi connectivity index (χ3v) is 4.49. The first-order valence-corrected chi connectivity index (χ1v) is 8.55. The Morgan fingerprint density at radius 3 is 2.58 bits per heavy atom. The van der Waals surface area contributed by atoms with Crippen molar-refractivity contribution in [3.05, 3.63) is 53.7 Å².